The summed E-state index contributed by atoms with van der Waals surface area (Å²) < 4.78 is 11.8. The molecular weight excluding hydrogens is 673 g/mol. The average Bonchev–Trinajstić information content (AvgIpc) is 3.69. The van der Waals surface area contributed by atoms with Gasteiger partial charge in [0.05, 0.1) is 30.2 Å². The van der Waals surface area contributed by atoms with E-state index in [1.165, 1.54) is 0 Å². The van der Waals surface area contributed by atoms with E-state index in [9.17, 15) is 15.0 Å². The average molecular weight is 725 g/mol. The number of aliphatic hydroxyl groups excluding tert-OH is 1. The van der Waals surface area contributed by atoms with Gasteiger partial charge in [0.25, 0.3) is 0 Å². The monoisotopic (exact) mass is 724 g/mol. The first kappa shape index (κ1) is 35.5. The molecule has 2 amide bonds. The number of carbonyl (C=O) groups excluding carboxylic acids is 2. The Kier molecular flexibility index (Phi) is 8.76. The summed E-state index contributed by atoms with van der Waals surface area (Å²) in [5, 5.41) is 28.2. The molecule has 6 aliphatic carbocycles. The van der Waals surface area contributed by atoms with Gasteiger partial charge in [0.15, 0.2) is 5.78 Å². The quantitative estimate of drug-likeness (QED) is 0.110. The lowest BCUT2D eigenvalue weighted by atomic mass is 9.32. The molecule has 3 N–H and O–H groups in total. The lowest BCUT2D eigenvalue weighted by Gasteiger charge is -2.71. The van der Waals surface area contributed by atoms with Gasteiger partial charge in [-0.2, -0.15) is 0 Å². The van der Waals surface area contributed by atoms with Gasteiger partial charge in [-0.05, 0) is 110 Å². The van der Waals surface area contributed by atoms with Crippen molar-refractivity contribution in [2.75, 3.05) is 39.2 Å². The van der Waals surface area contributed by atoms with Gasteiger partial charge >= 0.3 is 6.03 Å². The number of allylic oxidation sites excluding steroid dienone is 4. The van der Waals surface area contributed by atoms with Crippen molar-refractivity contribution in [1.29, 1.82) is 0 Å². The number of thiophene rings is 1. The molecule has 1 heterocycles. The zero-order valence-electron chi connectivity index (χ0n) is 30.8. The Morgan fingerprint density at radius 2 is 1.69 bits per heavy atom. The highest BCUT2D eigenvalue weighted by molar-refractivity contribution is 7.21. The maximum atomic E-state index is 15.1. The lowest BCUT2D eigenvalue weighted by molar-refractivity contribution is -0.174. The zero-order chi connectivity index (χ0) is 36.5. The highest BCUT2D eigenvalue weighted by atomic mass is 32.1. The number of hydrogen-bond donors (Lipinski definition) is 3. The van der Waals surface area contributed by atoms with Crippen LogP contribution in [0.15, 0.2) is 78.4 Å². The maximum Gasteiger partial charge on any atom is 0.321 e. The molecule has 3 aromatic rings. The molecule has 3 fully saturated rings. The molecule has 8 nitrogen and oxygen atoms in total. The molecule has 3 saturated carbocycles. The maximum absolute atomic E-state index is 15.1. The summed E-state index contributed by atoms with van der Waals surface area (Å²) in [6.07, 6.45) is 12.5. The number of Topliss-reactive ketones (excluding diaryl/α,β-unsaturated/α-hetero) is 1. The number of urea groups is 1. The summed E-state index contributed by atoms with van der Waals surface area (Å²) in [4.78, 5) is 31.5. The summed E-state index contributed by atoms with van der Waals surface area (Å²) in [7, 11) is 3.27. The van der Waals surface area contributed by atoms with Crippen LogP contribution in [0.25, 0.3) is 10.1 Å². The number of anilines is 1. The third-order valence-corrected chi connectivity index (χ3v) is 15.6. The smallest absolute Gasteiger partial charge is 0.321 e. The predicted octanol–water partition coefficient (Wildman–Crippen LogP) is 8.25. The Morgan fingerprint density at radius 3 is 2.44 bits per heavy atom. The topological polar surface area (TPSA) is 108 Å². The van der Waals surface area contributed by atoms with E-state index < -0.39 is 22.5 Å². The number of benzene rings is 2. The minimum absolute atomic E-state index is 0.00275. The number of carbonyl (C=O) groups is 2. The summed E-state index contributed by atoms with van der Waals surface area (Å²) in [6.45, 7) is 5.76. The van der Waals surface area contributed by atoms with Crippen LogP contribution >= 0.6 is 11.3 Å². The number of methoxy groups -OCH3 is 2. The number of rotatable bonds is 10. The fourth-order valence-corrected chi connectivity index (χ4v) is 12.7. The Bertz CT molecular complexity index is 1910. The van der Waals surface area contributed by atoms with Crippen molar-refractivity contribution in [2.45, 2.75) is 76.9 Å². The third-order valence-electron chi connectivity index (χ3n) is 14.5. The number of amides is 2. The van der Waals surface area contributed by atoms with Crippen LogP contribution in [0, 0.1) is 33.5 Å². The Morgan fingerprint density at radius 1 is 0.962 bits per heavy atom. The van der Waals surface area contributed by atoms with Crippen LogP contribution in [0.1, 0.15) is 74.9 Å². The first-order valence-electron chi connectivity index (χ1n) is 19.0. The van der Waals surface area contributed by atoms with Gasteiger partial charge in [0.2, 0.25) is 0 Å². The molecule has 6 aliphatic rings. The first-order valence-corrected chi connectivity index (χ1v) is 19.8. The van der Waals surface area contributed by atoms with Crippen molar-refractivity contribution < 1.29 is 29.3 Å². The van der Waals surface area contributed by atoms with Crippen LogP contribution in [-0.4, -0.2) is 72.5 Å². The van der Waals surface area contributed by atoms with Crippen LogP contribution in [0.3, 0.4) is 0 Å². The summed E-state index contributed by atoms with van der Waals surface area (Å²) in [5.41, 5.74) is -1.28. The van der Waals surface area contributed by atoms with E-state index in [4.69, 9.17) is 9.47 Å². The number of fused-ring (bicyclic) bond motifs is 2. The van der Waals surface area contributed by atoms with E-state index in [1.807, 2.05) is 42.5 Å². The van der Waals surface area contributed by atoms with Crippen molar-refractivity contribution in [3.63, 3.8) is 0 Å². The van der Waals surface area contributed by atoms with E-state index in [1.54, 1.807) is 30.5 Å². The summed E-state index contributed by atoms with van der Waals surface area (Å²) in [5.74, 6) is 0.986. The van der Waals surface area contributed by atoms with Gasteiger partial charge < -0.3 is 29.9 Å². The van der Waals surface area contributed by atoms with Crippen LogP contribution in [0.2, 0.25) is 0 Å². The van der Waals surface area contributed by atoms with Gasteiger partial charge in [-0.15, -0.1) is 11.3 Å². The standard InChI is InChI=1S/C43H52N2O6S/c1-39-17-14-30(46)25-41(39)20-21-43(32(26-41)37(47)34-24-28-8-5-6-9-33(28)52-34)35(39)15-18-40(2)36(43)16-19-42(40,49)27-45(22-7-23-50-3)38(48)44-29-10-12-31(51-4)13-11-29/h5-6,8-13,20-21,24,26,30,35-36,46,49H,7,14-19,22-23,25,27H2,1-4H3,(H,44,48). The van der Waals surface area contributed by atoms with Crippen LogP contribution in [-0.2, 0) is 4.74 Å². The molecule has 2 spiro atoms. The molecule has 0 radical (unpaired) electrons. The number of hydrogen-bond acceptors (Lipinski definition) is 7. The normalized spacial score (nSPS) is 35.7. The molecule has 9 heteroatoms. The molecule has 9 rings (SSSR count). The molecular formula is C43H52N2O6S. The minimum Gasteiger partial charge on any atom is -0.497 e. The molecule has 2 bridgehead atoms. The predicted molar refractivity (Wildman–Crippen MR) is 205 cm³/mol. The number of aliphatic hydroxyl groups is 2. The van der Waals surface area contributed by atoms with Crippen LogP contribution in [0.5, 0.6) is 5.75 Å². The van der Waals surface area contributed by atoms with Crippen molar-refractivity contribution in [2.24, 2.45) is 33.5 Å². The fraction of sp³-hybridized carbons (Fsp3) is 0.535. The zero-order valence-corrected chi connectivity index (χ0v) is 31.6. The van der Waals surface area contributed by atoms with Gasteiger partial charge in [-0.1, -0.05) is 50.3 Å². The highest BCUT2D eigenvalue weighted by Crippen LogP contribution is 2.78. The van der Waals surface area contributed by atoms with Crippen LogP contribution < -0.4 is 10.1 Å². The molecule has 8 unspecified atom stereocenters. The molecule has 52 heavy (non-hydrogen) atoms. The SMILES string of the molecule is COCCCN(CC1(O)CCC2C34C=CC5(C=C3C(=O)c3cc6ccccc6s3)CC(O)CCC5(C)C4CCC21C)C(=O)Nc1ccc(OC)cc1. The van der Waals surface area contributed by atoms with Gasteiger partial charge in [0, 0.05) is 52.5 Å². The summed E-state index contributed by atoms with van der Waals surface area (Å²) >= 11 is 1.56. The van der Waals surface area contributed by atoms with Gasteiger partial charge in [-0.3, -0.25) is 4.79 Å². The van der Waals surface area contributed by atoms with Crippen molar-refractivity contribution >= 4 is 38.9 Å². The Labute approximate surface area is 310 Å². The van der Waals surface area contributed by atoms with Crippen molar-refractivity contribution in [3.05, 3.63) is 83.3 Å². The fourth-order valence-electron chi connectivity index (χ4n) is 11.7. The number of nitrogens with zero attached hydrogens (tertiary/aromatic N) is 1. The second-order valence-corrected chi connectivity index (χ2v) is 17.8. The number of ketones is 1. The van der Waals surface area contributed by atoms with E-state index >= 15 is 4.79 Å². The second kappa shape index (κ2) is 12.8. The van der Waals surface area contributed by atoms with E-state index in [-0.39, 0.29) is 41.0 Å². The van der Waals surface area contributed by atoms with E-state index in [2.05, 4.69) is 49.5 Å². The summed E-state index contributed by atoms with van der Waals surface area (Å²) in [6, 6.07) is 17.2. The molecule has 2 aromatic carbocycles. The minimum atomic E-state index is -1.17. The molecule has 276 valence electrons. The van der Waals surface area contributed by atoms with E-state index in [0.717, 1.165) is 52.6 Å². The highest BCUT2D eigenvalue weighted by Gasteiger charge is 2.74. The molecule has 8 atom stereocenters. The molecule has 1 aromatic heterocycles. The Balaban J connectivity index is 1.17. The molecule has 0 aliphatic heterocycles. The second-order valence-electron chi connectivity index (χ2n) is 16.7. The third kappa shape index (κ3) is 5.17. The van der Waals surface area contributed by atoms with Gasteiger partial charge in [-0.25, -0.2) is 4.79 Å². The van der Waals surface area contributed by atoms with E-state index in [0.29, 0.717) is 43.9 Å². The lowest BCUT2D eigenvalue weighted by Crippen LogP contribution is -2.67. The Hall–Kier alpha value is -3.50. The first-order chi connectivity index (χ1) is 24.9. The van der Waals surface area contributed by atoms with Crippen LogP contribution in [0.4, 0.5) is 10.5 Å². The van der Waals surface area contributed by atoms with Crippen molar-refractivity contribution in [1.82, 2.24) is 4.90 Å². The largest absolute Gasteiger partial charge is 0.497 e. The van der Waals surface area contributed by atoms with Crippen molar-refractivity contribution in [3.8, 4) is 5.75 Å². The van der Waals surface area contributed by atoms with Gasteiger partial charge in [0.1, 0.15) is 5.75 Å². The number of nitrogens with one attached hydrogen (secondary N) is 1. The molecule has 0 saturated heterocycles. The number of ether oxygens (including phenoxy) is 2.